The summed E-state index contributed by atoms with van der Waals surface area (Å²) in [6.07, 6.45) is 3.34. The Morgan fingerprint density at radius 1 is 1.03 bits per heavy atom. The number of nitrogens with one attached hydrogen (secondary N) is 1. The predicted octanol–water partition coefficient (Wildman–Crippen LogP) is 3.31. The van der Waals surface area contributed by atoms with Crippen LogP contribution in [0, 0.1) is 0 Å². The number of likely N-dealkylation sites (tertiary alicyclic amines) is 1. The molecule has 162 valence electrons. The van der Waals surface area contributed by atoms with Gasteiger partial charge in [0.15, 0.2) is 17.3 Å². The molecule has 0 aliphatic carbocycles. The van der Waals surface area contributed by atoms with E-state index in [2.05, 4.69) is 22.4 Å². The lowest BCUT2D eigenvalue weighted by Gasteiger charge is -2.16. The molecule has 0 saturated carbocycles. The number of carbonyl (C=O) groups excluding carboxylic acids is 1. The van der Waals surface area contributed by atoms with Crippen LogP contribution in [-0.4, -0.2) is 43.4 Å². The number of rotatable bonds is 7. The molecular formula is C24H25N7O. The lowest BCUT2D eigenvalue weighted by molar-refractivity contribution is -0.127. The fourth-order valence-electron chi connectivity index (χ4n) is 3.99. The number of hydrogen-bond donors (Lipinski definition) is 2. The largest absolute Gasteiger partial charge is 0.399 e. The maximum absolute atomic E-state index is 12.0. The molecule has 0 spiro atoms. The van der Waals surface area contributed by atoms with Crippen LogP contribution in [0.5, 0.6) is 0 Å². The molecule has 0 atom stereocenters. The highest BCUT2D eigenvalue weighted by Crippen LogP contribution is 2.26. The fraction of sp³-hybridized carbons (Fsp3) is 0.250. The van der Waals surface area contributed by atoms with Crippen LogP contribution in [0.1, 0.15) is 18.4 Å². The van der Waals surface area contributed by atoms with E-state index in [1.54, 1.807) is 6.33 Å². The predicted molar refractivity (Wildman–Crippen MR) is 125 cm³/mol. The molecule has 3 heterocycles. The molecule has 2 aromatic heterocycles. The topological polar surface area (TPSA) is 102 Å². The molecule has 8 nitrogen and oxygen atoms in total. The Balaban J connectivity index is 1.50. The minimum absolute atomic E-state index is 0.217. The average Bonchev–Trinajstić information content (AvgIpc) is 3.42. The third-order valence-corrected chi connectivity index (χ3v) is 5.69. The Hall–Kier alpha value is -3.94. The number of benzene rings is 2. The molecule has 0 unspecified atom stereocenters. The van der Waals surface area contributed by atoms with Crippen molar-refractivity contribution in [3.8, 4) is 11.4 Å². The van der Waals surface area contributed by atoms with E-state index in [4.69, 9.17) is 15.7 Å². The highest BCUT2D eigenvalue weighted by atomic mass is 16.2. The van der Waals surface area contributed by atoms with Crippen LogP contribution < -0.4 is 11.1 Å². The van der Waals surface area contributed by atoms with Crippen molar-refractivity contribution in [2.75, 3.05) is 24.1 Å². The van der Waals surface area contributed by atoms with Crippen LogP contribution in [0.4, 0.5) is 11.5 Å². The van der Waals surface area contributed by atoms with Crippen molar-refractivity contribution in [1.29, 1.82) is 0 Å². The Morgan fingerprint density at radius 3 is 2.69 bits per heavy atom. The van der Waals surface area contributed by atoms with Crippen LogP contribution in [-0.2, 0) is 17.9 Å². The third-order valence-electron chi connectivity index (χ3n) is 5.69. The normalized spacial score (nSPS) is 13.8. The highest BCUT2D eigenvalue weighted by Gasteiger charge is 2.20. The molecule has 1 aliphatic rings. The molecule has 1 amide bonds. The smallest absolute Gasteiger partial charge is 0.222 e. The number of nitrogens with two attached hydrogens (primary N) is 1. The van der Waals surface area contributed by atoms with Gasteiger partial charge in [0.25, 0.3) is 0 Å². The summed E-state index contributed by atoms with van der Waals surface area (Å²) < 4.78 is 1.99. The Labute approximate surface area is 186 Å². The zero-order valence-electron chi connectivity index (χ0n) is 17.7. The molecule has 4 aromatic rings. The second kappa shape index (κ2) is 8.66. The van der Waals surface area contributed by atoms with E-state index in [1.807, 2.05) is 51.9 Å². The van der Waals surface area contributed by atoms with Gasteiger partial charge in [-0.2, -0.15) is 0 Å². The van der Waals surface area contributed by atoms with Gasteiger partial charge in [0.2, 0.25) is 5.91 Å². The quantitative estimate of drug-likeness (QED) is 0.439. The number of nitrogens with zero attached hydrogens (tertiary/aromatic N) is 5. The zero-order valence-corrected chi connectivity index (χ0v) is 17.7. The van der Waals surface area contributed by atoms with Crippen LogP contribution in [0.3, 0.4) is 0 Å². The van der Waals surface area contributed by atoms with Gasteiger partial charge in [-0.3, -0.25) is 4.79 Å². The van der Waals surface area contributed by atoms with Gasteiger partial charge in [0.05, 0.1) is 6.33 Å². The number of aromatic nitrogens is 4. The lowest BCUT2D eigenvalue weighted by Crippen LogP contribution is -2.28. The van der Waals surface area contributed by atoms with Crippen LogP contribution in [0.25, 0.3) is 22.6 Å². The minimum Gasteiger partial charge on any atom is -0.399 e. The Bertz CT molecular complexity index is 1250. The lowest BCUT2D eigenvalue weighted by atomic mass is 10.2. The molecule has 8 heteroatoms. The first-order chi connectivity index (χ1) is 15.7. The Kier molecular flexibility index (Phi) is 5.41. The molecule has 1 saturated heterocycles. The van der Waals surface area contributed by atoms with Crippen molar-refractivity contribution in [3.05, 3.63) is 66.5 Å². The van der Waals surface area contributed by atoms with Crippen molar-refractivity contribution in [1.82, 2.24) is 24.4 Å². The van der Waals surface area contributed by atoms with E-state index < -0.39 is 0 Å². The van der Waals surface area contributed by atoms with Crippen molar-refractivity contribution in [2.24, 2.45) is 0 Å². The maximum atomic E-state index is 12.0. The SMILES string of the molecule is Nc1cccc(-c2nc(NCc3ccccc3)c3ncn(CCN4CCCC4=O)c3n2)c1. The third kappa shape index (κ3) is 4.12. The number of amides is 1. The number of fused-ring (bicyclic) bond motifs is 1. The first kappa shape index (κ1) is 20.0. The number of nitrogen functional groups attached to an aromatic ring is 1. The summed E-state index contributed by atoms with van der Waals surface area (Å²) in [6, 6.07) is 17.7. The molecule has 0 bridgehead atoms. The van der Waals surface area contributed by atoms with E-state index in [0.29, 0.717) is 48.9 Å². The standard InChI is InChI=1S/C24H25N7O/c25-19-9-4-8-18(14-19)22-28-23(26-15-17-6-2-1-3-7-17)21-24(29-22)31(16-27-21)13-12-30-11-5-10-20(30)32/h1-4,6-9,14,16H,5,10-13,15,25H2,(H,26,28,29). The number of imidazole rings is 1. The van der Waals surface area contributed by atoms with Crippen molar-refractivity contribution >= 4 is 28.6 Å². The second-order valence-corrected chi connectivity index (χ2v) is 7.95. The van der Waals surface area contributed by atoms with Gasteiger partial charge in [-0.1, -0.05) is 42.5 Å². The van der Waals surface area contributed by atoms with Gasteiger partial charge in [0.1, 0.15) is 5.52 Å². The van der Waals surface area contributed by atoms with E-state index >= 15 is 0 Å². The van der Waals surface area contributed by atoms with E-state index in [9.17, 15) is 4.79 Å². The summed E-state index contributed by atoms with van der Waals surface area (Å²) in [7, 11) is 0. The second-order valence-electron chi connectivity index (χ2n) is 7.95. The zero-order chi connectivity index (χ0) is 21.9. The summed E-state index contributed by atoms with van der Waals surface area (Å²) >= 11 is 0. The van der Waals surface area contributed by atoms with Crippen LogP contribution in [0.2, 0.25) is 0 Å². The molecule has 3 N–H and O–H groups in total. The molecule has 0 radical (unpaired) electrons. The number of hydrogen-bond acceptors (Lipinski definition) is 6. The van der Waals surface area contributed by atoms with Crippen molar-refractivity contribution < 1.29 is 4.79 Å². The van der Waals surface area contributed by atoms with Gasteiger partial charge in [-0.15, -0.1) is 0 Å². The van der Waals surface area contributed by atoms with E-state index in [1.165, 1.54) is 0 Å². The van der Waals surface area contributed by atoms with Gasteiger partial charge in [-0.05, 0) is 24.1 Å². The van der Waals surface area contributed by atoms with Crippen LogP contribution >= 0.6 is 0 Å². The van der Waals surface area contributed by atoms with Crippen LogP contribution in [0.15, 0.2) is 60.9 Å². The number of carbonyl (C=O) groups is 1. The van der Waals surface area contributed by atoms with Gasteiger partial charge >= 0.3 is 0 Å². The van der Waals surface area contributed by atoms with Gasteiger partial charge in [-0.25, -0.2) is 15.0 Å². The first-order valence-corrected chi connectivity index (χ1v) is 10.8. The highest BCUT2D eigenvalue weighted by molar-refractivity contribution is 5.85. The van der Waals surface area contributed by atoms with Crippen molar-refractivity contribution in [3.63, 3.8) is 0 Å². The maximum Gasteiger partial charge on any atom is 0.222 e. The fourth-order valence-corrected chi connectivity index (χ4v) is 3.99. The molecule has 1 fully saturated rings. The molecule has 5 rings (SSSR count). The summed E-state index contributed by atoms with van der Waals surface area (Å²) in [4.78, 5) is 28.1. The molecule has 32 heavy (non-hydrogen) atoms. The monoisotopic (exact) mass is 427 g/mol. The molecule has 1 aliphatic heterocycles. The van der Waals surface area contributed by atoms with Gasteiger partial charge in [0, 0.05) is 43.9 Å². The summed E-state index contributed by atoms with van der Waals surface area (Å²) in [5.74, 6) is 1.47. The van der Waals surface area contributed by atoms with Gasteiger partial charge < -0.3 is 20.5 Å². The summed E-state index contributed by atoms with van der Waals surface area (Å²) in [5.41, 5.74) is 10.1. The molecular weight excluding hydrogens is 402 g/mol. The summed E-state index contributed by atoms with van der Waals surface area (Å²) in [5, 5.41) is 3.42. The Morgan fingerprint density at radius 2 is 1.91 bits per heavy atom. The van der Waals surface area contributed by atoms with Crippen molar-refractivity contribution in [2.45, 2.75) is 25.9 Å². The molecule has 2 aromatic carbocycles. The van der Waals surface area contributed by atoms with E-state index in [-0.39, 0.29) is 5.91 Å². The minimum atomic E-state index is 0.217. The number of anilines is 2. The average molecular weight is 428 g/mol. The van der Waals surface area contributed by atoms with E-state index in [0.717, 1.165) is 29.7 Å². The summed E-state index contributed by atoms with van der Waals surface area (Å²) in [6.45, 7) is 2.72. The first-order valence-electron chi connectivity index (χ1n) is 10.8.